The second-order valence-electron chi connectivity index (χ2n) is 2.63. The SMILES string of the molecule is CC(N)(C#N)C(C)(N)C#N. The van der Waals surface area contributed by atoms with Crippen molar-refractivity contribution in [3.63, 3.8) is 0 Å². The Balaban J connectivity index is 4.71. The molecule has 0 aliphatic heterocycles. The van der Waals surface area contributed by atoms with Crippen molar-refractivity contribution in [3.8, 4) is 12.1 Å². The van der Waals surface area contributed by atoms with Crippen LogP contribution in [-0.4, -0.2) is 11.1 Å². The van der Waals surface area contributed by atoms with E-state index in [2.05, 4.69) is 0 Å². The summed E-state index contributed by atoms with van der Waals surface area (Å²) in [6, 6.07) is 3.53. The number of rotatable bonds is 1. The Morgan fingerprint density at radius 3 is 1.30 bits per heavy atom. The smallest absolute Gasteiger partial charge is 0.132 e. The Bertz CT molecular complexity index is 179. The Morgan fingerprint density at radius 1 is 1.00 bits per heavy atom. The lowest BCUT2D eigenvalue weighted by Gasteiger charge is -2.27. The van der Waals surface area contributed by atoms with Crippen molar-refractivity contribution < 1.29 is 0 Å². The molecule has 0 aliphatic carbocycles. The van der Waals surface area contributed by atoms with Gasteiger partial charge in [0.2, 0.25) is 0 Å². The first-order valence-corrected chi connectivity index (χ1v) is 2.77. The van der Waals surface area contributed by atoms with Crippen LogP contribution < -0.4 is 11.5 Å². The fourth-order valence-electron chi connectivity index (χ4n) is 0.232. The highest BCUT2D eigenvalue weighted by molar-refractivity contribution is 5.24. The molecule has 0 fully saturated rings. The third kappa shape index (κ3) is 1.24. The maximum atomic E-state index is 8.45. The number of nitrogens with two attached hydrogens (primary N) is 2. The van der Waals surface area contributed by atoms with Gasteiger partial charge in [0.05, 0.1) is 12.1 Å². The van der Waals surface area contributed by atoms with Gasteiger partial charge in [0.1, 0.15) is 11.1 Å². The molecular weight excluding hydrogens is 128 g/mol. The molecule has 0 amide bonds. The molecular formula is C6H10N4. The maximum absolute atomic E-state index is 8.45. The molecule has 2 unspecified atom stereocenters. The van der Waals surface area contributed by atoms with Crippen LogP contribution in [0, 0.1) is 22.7 Å². The molecule has 0 aromatic rings. The zero-order chi connectivity index (χ0) is 8.41. The number of hydrogen-bond acceptors (Lipinski definition) is 4. The topological polar surface area (TPSA) is 99.6 Å². The van der Waals surface area contributed by atoms with Gasteiger partial charge in [0, 0.05) is 0 Å². The van der Waals surface area contributed by atoms with Crippen LogP contribution in [0.15, 0.2) is 0 Å². The van der Waals surface area contributed by atoms with E-state index in [1.165, 1.54) is 13.8 Å². The van der Waals surface area contributed by atoms with Crippen LogP contribution in [0.3, 0.4) is 0 Å². The minimum Gasteiger partial charge on any atom is -0.311 e. The van der Waals surface area contributed by atoms with Crippen LogP contribution in [0.5, 0.6) is 0 Å². The summed E-state index contributed by atoms with van der Waals surface area (Å²) >= 11 is 0. The minimum absolute atomic E-state index is 1.29. The number of hydrogen-bond donors (Lipinski definition) is 2. The standard InChI is InChI=1S/C6H10N4/c1-5(9,3-7)6(2,10)4-8/h9-10H2,1-2H3. The fraction of sp³-hybridized carbons (Fsp3) is 0.667. The second-order valence-corrected chi connectivity index (χ2v) is 2.63. The zero-order valence-electron chi connectivity index (χ0n) is 6.05. The van der Waals surface area contributed by atoms with Gasteiger partial charge in [-0.05, 0) is 13.8 Å². The molecule has 0 spiro atoms. The van der Waals surface area contributed by atoms with E-state index in [9.17, 15) is 0 Å². The van der Waals surface area contributed by atoms with E-state index >= 15 is 0 Å². The highest BCUT2D eigenvalue weighted by Crippen LogP contribution is 2.13. The van der Waals surface area contributed by atoms with E-state index in [1.54, 1.807) is 12.1 Å². The van der Waals surface area contributed by atoms with E-state index in [0.717, 1.165) is 0 Å². The lowest BCUT2D eigenvalue weighted by atomic mass is 9.84. The molecule has 4 nitrogen and oxygen atoms in total. The molecule has 4 heteroatoms. The summed E-state index contributed by atoms with van der Waals surface area (Å²) in [6.45, 7) is 2.85. The molecule has 54 valence electrons. The molecule has 0 heterocycles. The highest BCUT2D eigenvalue weighted by atomic mass is 14.9. The van der Waals surface area contributed by atoms with Gasteiger partial charge >= 0.3 is 0 Å². The van der Waals surface area contributed by atoms with E-state index in [-0.39, 0.29) is 0 Å². The van der Waals surface area contributed by atoms with Crippen LogP contribution in [-0.2, 0) is 0 Å². The monoisotopic (exact) mass is 138 g/mol. The summed E-state index contributed by atoms with van der Waals surface area (Å²) in [5.41, 5.74) is 8.21. The lowest BCUT2D eigenvalue weighted by Crippen LogP contribution is -2.60. The van der Waals surface area contributed by atoms with Crippen LogP contribution in [0.25, 0.3) is 0 Å². The zero-order valence-corrected chi connectivity index (χ0v) is 6.05. The summed E-state index contributed by atoms with van der Waals surface area (Å²) in [6.07, 6.45) is 0. The molecule has 0 saturated heterocycles. The van der Waals surface area contributed by atoms with Crippen molar-refractivity contribution in [2.24, 2.45) is 11.5 Å². The van der Waals surface area contributed by atoms with Gasteiger partial charge in [-0.3, -0.25) is 0 Å². The average Bonchev–Trinajstić information content (AvgIpc) is 1.88. The van der Waals surface area contributed by atoms with Crippen molar-refractivity contribution in [2.45, 2.75) is 24.9 Å². The summed E-state index contributed by atoms with van der Waals surface area (Å²) < 4.78 is 0. The molecule has 10 heavy (non-hydrogen) atoms. The van der Waals surface area contributed by atoms with E-state index in [4.69, 9.17) is 22.0 Å². The molecule has 2 atom stereocenters. The summed E-state index contributed by atoms with van der Waals surface area (Å²) in [4.78, 5) is 0. The number of nitrogens with zero attached hydrogens (tertiary/aromatic N) is 2. The van der Waals surface area contributed by atoms with Crippen LogP contribution >= 0.6 is 0 Å². The minimum atomic E-state index is -1.29. The van der Waals surface area contributed by atoms with Gasteiger partial charge in [0.25, 0.3) is 0 Å². The van der Waals surface area contributed by atoms with Crippen LogP contribution in [0.2, 0.25) is 0 Å². The third-order valence-corrected chi connectivity index (χ3v) is 1.54. The van der Waals surface area contributed by atoms with Crippen LogP contribution in [0.1, 0.15) is 13.8 Å². The predicted octanol–water partition coefficient (Wildman–Crippen LogP) is -0.532. The summed E-state index contributed by atoms with van der Waals surface area (Å²) in [5.74, 6) is 0. The third-order valence-electron chi connectivity index (χ3n) is 1.54. The molecule has 0 saturated carbocycles. The van der Waals surface area contributed by atoms with Crippen molar-refractivity contribution >= 4 is 0 Å². The second kappa shape index (κ2) is 2.26. The Kier molecular flexibility index (Phi) is 2.01. The summed E-state index contributed by atoms with van der Waals surface area (Å²) in [5, 5.41) is 16.9. The van der Waals surface area contributed by atoms with Gasteiger partial charge in [0.15, 0.2) is 0 Å². The van der Waals surface area contributed by atoms with Crippen molar-refractivity contribution in [1.82, 2.24) is 0 Å². The quantitative estimate of drug-likeness (QED) is 0.508. The van der Waals surface area contributed by atoms with Gasteiger partial charge < -0.3 is 11.5 Å². The van der Waals surface area contributed by atoms with Gasteiger partial charge in [-0.15, -0.1) is 0 Å². The molecule has 0 bridgehead atoms. The lowest BCUT2D eigenvalue weighted by molar-refractivity contribution is 0.407. The highest BCUT2D eigenvalue weighted by Gasteiger charge is 2.38. The van der Waals surface area contributed by atoms with Crippen molar-refractivity contribution in [2.75, 3.05) is 0 Å². The predicted molar refractivity (Wildman–Crippen MR) is 36.4 cm³/mol. The van der Waals surface area contributed by atoms with E-state index in [1.807, 2.05) is 0 Å². The Labute approximate surface area is 60.0 Å². The molecule has 0 aromatic carbocycles. The van der Waals surface area contributed by atoms with E-state index in [0.29, 0.717) is 0 Å². The Hall–Kier alpha value is -1.10. The normalized spacial score (nSPS) is 21.4. The average molecular weight is 138 g/mol. The van der Waals surface area contributed by atoms with Gasteiger partial charge in [-0.1, -0.05) is 0 Å². The largest absolute Gasteiger partial charge is 0.311 e. The summed E-state index contributed by atoms with van der Waals surface area (Å²) in [7, 11) is 0. The number of nitriles is 2. The van der Waals surface area contributed by atoms with E-state index < -0.39 is 11.1 Å². The first-order valence-electron chi connectivity index (χ1n) is 2.77. The maximum Gasteiger partial charge on any atom is 0.132 e. The van der Waals surface area contributed by atoms with Crippen LogP contribution in [0.4, 0.5) is 0 Å². The molecule has 0 radical (unpaired) electrons. The van der Waals surface area contributed by atoms with Gasteiger partial charge in [-0.2, -0.15) is 10.5 Å². The molecule has 0 aromatic heterocycles. The molecule has 0 rings (SSSR count). The fourth-order valence-corrected chi connectivity index (χ4v) is 0.232. The van der Waals surface area contributed by atoms with Crippen molar-refractivity contribution in [3.05, 3.63) is 0 Å². The van der Waals surface area contributed by atoms with Crippen molar-refractivity contribution in [1.29, 1.82) is 10.5 Å². The molecule has 4 N–H and O–H groups in total. The Morgan fingerprint density at radius 2 is 1.20 bits per heavy atom. The molecule has 0 aliphatic rings. The van der Waals surface area contributed by atoms with Gasteiger partial charge in [-0.25, -0.2) is 0 Å². The first kappa shape index (κ1) is 8.90. The first-order chi connectivity index (χ1) is 4.37.